The van der Waals surface area contributed by atoms with Gasteiger partial charge in [0.25, 0.3) is 0 Å². The van der Waals surface area contributed by atoms with E-state index in [1.54, 1.807) is 0 Å². The number of nitrogens with one attached hydrogen (secondary N) is 1. The predicted molar refractivity (Wildman–Crippen MR) is 120 cm³/mol. The van der Waals surface area contributed by atoms with Gasteiger partial charge in [0.05, 0.1) is 7.11 Å². The lowest BCUT2D eigenvalue weighted by Crippen LogP contribution is -2.41. The van der Waals surface area contributed by atoms with Crippen molar-refractivity contribution in [1.82, 2.24) is 5.32 Å². The number of carbonyl (C=O) groups is 3. The quantitative estimate of drug-likeness (QED) is 0.179. The molecule has 6 heteroatoms. The summed E-state index contributed by atoms with van der Waals surface area (Å²) in [5.41, 5.74) is 0. The van der Waals surface area contributed by atoms with Crippen molar-refractivity contribution in [3.8, 4) is 0 Å². The number of carboxylic acids is 1. The number of aliphatic carboxylic acids is 1. The Bertz CT molecular complexity index is 453. The summed E-state index contributed by atoms with van der Waals surface area (Å²) in [6, 6.07) is -0.880. The van der Waals surface area contributed by atoms with E-state index in [-0.39, 0.29) is 18.7 Å². The molecule has 2 N–H and O–H groups in total. The SMILES string of the molecule is CCCCCCCCCCCCCCCCCC(=O)N[C@H](CCC(=O)O)C(=O)OC. The first-order valence-corrected chi connectivity index (χ1v) is 12.1. The number of methoxy groups -OCH3 is 1. The van der Waals surface area contributed by atoms with E-state index >= 15 is 0 Å². The van der Waals surface area contributed by atoms with Crippen molar-refractivity contribution in [2.45, 2.75) is 129 Å². The van der Waals surface area contributed by atoms with Crippen LogP contribution in [0.2, 0.25) is 0 Å². The van der Waals surface area contributed by atoms with Crippen LogP contribution in [0.3, 0.4) is 0 Å². The van der Waals surface area contributed by atoms with E-state index < -0.39 is 18.0 Å². The molecule has 30 heavy (non-hydrogen) atoms. The van der Waals surface area contributed by atoms with Crippen LogP contribution in [0.5, 0.6) is 0 Å². The third-order valence-corrected chi connectivity index (χ3v) is 5.48. The second-order valence-electron chi connectivity index (χ2n) is 8.28. The molecule has 0 aliphatic rings. The molecule has 0 saturated heterocycles. The zero-order chi connectivity index (χ0) is 22.5. The molecule has 0 spiro atoms. The normalized spacial score (nSPS) is 11.8. The van der Waals surface area contributed by atoms with Crippen molar-refractivity contribution in [3.05, 3.63) is 0 Å². The maximum Gasteiger partial charge on any atom is 0.328 e. The zero-order valence-electron chi connectivity index (χ0n) is 19.4. The minimum Gasteiger partial charge on any atom is -0.481 e. The Kier molecular flexibility index (Phi) is 19.6. The summed E-state index contributed by atoms with van der Waals surface area (Å²) in [5.74, 6) is -1.81. The summed E-state index contributed by atoms with van der Waals surface area (Å²) >= 11 is 0. The van der Waals surface area contributed by atoms with Crippen LogP contribution in [0.15, 0.2) is 0 Å². The number of unbranched alkanes of at least 4 members (excludes halogenated alkanes) is 14. The minimum atomic E-state index is -0.999. The largest absolute Gasteiger partial charge is 0.481 e. The number of amides is 1. The molecule has 0 radical (unpaired) electrons. The van der Waals surface area contributed by atoms with Crippen molar-refractivity contribution < 1.29 is 24.2 Å². The maximum absolute atomic E-state index is 12.0. The fourth-order valence-corrected chi connectivity index (χ4v) is 3.58. The molecule has 0 bridgehead atoms. The summed E-state index contributed by atoms with van der Waals surface area (Å²) in [4.78, 5) is 34.3. The van der Waals surface area contributed by atoms with Crippen LogP contribution >= 0.6 is 0 Å². The lowest BCUT2D eigenvalue weighted by atomic mass is 10.0. The highest BCUT2D eigenvalue weighted by Crippen LogP contribution is 2.13. The summed E-state index contributed by atoms with van der Waals surface area (Å²) in [7, 11) is 1.23. The maximum atomic E-state index is 12.0. The fourth-order valence-electron chi connectivity index (χ4n) is 3.58. The molecule has 0 aromatic heterocycles. The second kappa shape index (κ2) is 20.7. The molecule has 0 fully saturated rings. The third-order valence-electron chi connectivity index (χ3n) is 5.48. The first-order chi connectivity index (χ1) is 14.5. The number of esters is 1. The van der Waals surface area contributed by atoms with E-state index in [0.717, 1.165) is 19.3 Å². The Morgan fingerprint density at radius 3 is 1.57 bits per heavy atom. The first-order valence-electron chi connectivity index (χ1n) is 12.1. The Labute approximate surface area is 183 Å². The first kappa shape index (κ1) is 28.4. The van der Waals surface area contributed by atoms with Crippen molar-refractivity contribution in [2.75, 3.05) is 7.11 Å². The Morgan fingerprint density at radius 1 is 0.733 bits per heavy atom. The highest BCUT2D eigenvalue weighted by atomic mass is 16.5. The molecule has 0 aliphatic carbocycles. The van der Waals surface area contributed by atoms with Gasteiger partial charge in [0.15, 0.2) is 0 Å². The van der Waals surface area contributed by atoms with Gasteiger partial charge < -0.3 is 15.2 Å². The average molecular weight is 428 g/mol. The lowest BCUT2D eigenvalue weighted by Gasteiger charge is -2.15. The van der Waals surface area contributed by atoms with Crippen molar-refractivity contribution in [2.24, 2.45) is 0 Å². The molecule has 0 heterocycles. The monoisotopic (exact) mass is 427 g/mol. The van der Waals surface area contributed by atoms with E-state index in [1.807, 2.05) is 0 Å². The molecule has 176 valence electrons. The van der Waals surface area contributed by atoms with Crippen LogP contribution in [-0.2, 0) is 19.1 Å². The molecule has 1 amide bonds. The summed E-state index contributed by atoms with van der Waals surface area (Å²) in [5, 5.41) is 11.3. The highest BCUT2D eigenvalue weighted by molar-refractivity contribution is 5.84. The van der Waals surface area contributed by atoms with E-state index in [9.17, 15) is 14.4 Å². The van der Waals surface area contributed by atoms with E-state index in [2.05, 4.69) is 17.0 Å². The van der Waals surface area contributed by atoms with Crippen LogP contribution in [0.1, 0.15) is 122 Å². The zero-order valence-corrected chi connectivity index (χ0v) is 19.4. The summed E-state index contributed by atoms with van der Waals surface area (Å²) in [6.07, 6.45) is 19.3. The smallest absolute Gasteiger partial charge is 0.328 e. The van der Waals surface area contributed by atoms with E-state index in [0.29, 0.717) is 6.42 Å². The number of hydrogen-bond acceptors (Lipinski definition) is 4. The molecular formula is C24H45NO5. The Morgan fingerprint density at radius 2 is 1.17 bits per heavy atom. The number of carboxylic acid groups (broad SMARTS) is 1. The second-order valence-corrected chi connectivity index (χ2v) is 8.28. The molecule has 0 aromatic rings. The van der Waals surface area contributed by atoms with Gasteiger partial charge in [-0.3, -0.25) is 9.59 Å². The Hall–Kier alpha value is -1.59. The summed E-state index contributed by atoms with van der Waals surface area (Å²) < 4.78 is 4.63. The lowest BCUT2D eigenvalue weighted by molar-refractivity contribution is -0.146. The predicted octanol–water partition coefficient (Wildman–Crippen LogP) is 5.77. The highest BCUT2D eigenvalue weighted by Gasteiger charge is 2.22. The van der Waals surface area contributed by atoms with Crippen LogP contribution in [0.4, 0.5) is 0 Å². The van der Waals surface area contributed by atoms with Crippen LogP contribution < -0.4 is 5.32 Å². The fraction of sp³-hybridized carbons (Fsp3) is 0.875. The van der Waals surface area contributed by atoms with E-state index in [4.69, 9.17) is 5.11 Å². The van der Waals surface area contributed by atoms with Crippen LogP contribution in [0.25, 0.3) is 0 Å². The van der Waals surface area contributed by atoms with Crippen molar-refractivity contribution >= 4 is 17.8 Å². The van der Waals surface area contributed by atoms with Gasteiger partial charge in [-0.1, -0.05) is 96.8 Å². The van der Waals surface area contributed by atoms with Gasteiger partial charge in [0.1, 0.15) is 6.04 Å². The van der Waals surface area contributed by atoms with Gasteiger partial charge >= 0.3 is 11.9 Å². The molecule has 6 nitrogen and oxygen atoms in total. The molecule has 0 unspecified atom stereocenters. The number of carbonyl (C=O) groups excluding carboxylic acids is 2. The molecule has 1 atom stereocenters. The molecule has 0 saturated carbocycles. The Balaban J connectivity index is 3.55. The van der Waals surface area contributed by atoms with Gasteiger partial charge in [-0.15, -0.1) is 0 Å². The average Bonchev–Trinajstić information content (AvgIpc) is 2.73. The molecule has 0 aromatic carbocycles. The van der Waals surface area contributed by atoms with Gasteiger partial charge in [-0.2, -0.15) is 0 Å². The number of rotatable bonds is 21. The van der Waals surface area contributed by atoms with Crippen molar-refractivity contribution in [3.63, 3.8) is 0 Å². The van der Waals surface area contributed by atoms with Crippen LogP contribution in [-0.4, -0.2) is 36.1 Å². The standard InChI is InChI=1S/C24H45NO5/c1-3-4-5-6-7-8-9-10-11-12-13-14-15-16-17-18-22(26)25-21(24(29)30-2)19-20-23(27)28/h21H,3-20H2,1-2H3,(H,25,26)(H,27,28)/t21-/m1/s1. The minimum absolute atomic E-state index is 0.0482. The molecule has 0 rings (SSSR count). The number of ether oxygens (including phenoxy) is 1. The summed E-state index contributed by atoms with van der Waals surface area (Å²) in [6.45, 7) is 2.26. The third kappa shape index (κ3) is 18.4. The molecular weight excluding hydrogens is 382 g/mol. The van der Waals surface area contributed by atoms with E-state index in [1.165, 1.54) is 84.2 Å². The van der Waals surface area contributed by atoms with Gasteiger partial charge in [0.2, 0.25) is 5.91 Å². The van der Waals surface area contributed by atoms with Crippen molar-refractivity contribution in [1.29, 1.82) is 0 Å². The molecule has 0 aliphatic heterocycles. The van der Waals surface area contributed by atoms with Gasteiger partial charge in [-0.25, -0.2) is 4.79 Å². The van der Waals surface area contributed by atoms with Gasteiger partial charge in [-0.05, 0) is 12.8 Å². The van der Waals surface area contributed by atoms with Crippen LogP contribution in [0, 0.1) is 0 Å². The van der Waals surface area contributed by atoms with Gasteiger partial charge in [0, 0.05) is 12.8 Å². The topological polar surface area (TPSA) is 92.7 Å². The number of hydrogen-bond donors (Lipinski definition) is 2.